The number of likely N-dealkylation sites (tertiary alicyclic amines) is 1. The van der Waals surface area contributed by atoms with Crippen molar-refractivity contribution in [2.45, 2.75) is 25.8 Å². The molecule has 0 N–H and O–H groups in total. The first-order valence-electron chi connectivity index (χ1n) is 9.57. The van der Waals surface area contributed by atoms with Crippen molar-refractivity contribution in [3.8, 4) is 11.5 Å². The van der Waals surface area contributed by atoms with Gasteiger partial charge in [-0.3, -0.25) is 4.90 Å². The zero-order valence-electron chi connectivity index (χ0n) is 15.1. The van der Waals surface area contributed by atoms with Crippen LogP contribution in [-0.4, -0.2) is 42.9 Å². The van der Waals surface area contributed by atoms with E-state index in [9.17, 15) is 0 Å². The summed E-state index contributed by atoms with van der Waals surface area (Å²) in [4.78, 5) is 9.64. The molecule has 5 nitrogen and oxygen atoms in total. The number of aromatic nitrogens is 1. The third kappa shape index (κ3) is 3.01. The summed E-state index contributed by atoms with van der Waals surface area (Å²) in [5.74, 6) is 2.88. The van der Waals surface area contributed by atoms with Gasteiger partial charge in [0.1, 0.15) is 5.82 Å². The second-order valence-corrected chi connectivity index (χ2v) is 7.86. The maximum Gasteiger partial charge on any atom is 0.231 e. The SMILES string of the molecule is c1ccc(N2CCC[C@]3(CCN(Cc4ccc5c(c4)OCO5)C3)C2)nc1. The van der Waals surface area contributed by atoms with Crippen LogP contribution in [0.25, 0.3) is 0 Å². The van der Waals surface area contributed by atoms with Crippen molar-refractivity contribution in [2.24, 2.45) is 5.41 Å². The van der Waals surface area contributed by atoms with Crippen LogP contribution >= 0.6 is 0 Å². The lowest BCUT2D eigenvalue weighted by molar-refractivity contribution is 0.174. The lowest BCUT2D eigenvalue weighted by atomic mass is 9.79. The number of hydrogen-bond donors (Lipinski definition) is 0. The number of hydrogen-bond acceptors (Lipinski definition) is 5. The lowest BCUT2D eigenvalue weighted by Gasteiger charge is -2.41. The second kappa shape index (κ2) is 6.47. The fraction of sp³-hybridized carbons (Fsp3) is 0.476. The van der Waals surface area contributed by atoms with E-state index in [2.05, 4.69) is 39.0 Å². The Morgan fingerprint density at radius 2 is 1.96 bits per heavy atom. The van der Waals surface area contributed by atoms with Gasteiger partial charge in [0, 0.05) is 37.8 Å². The molecule has 1 spiro atoms. The molecule has 3 aliphatic heterocycles. The number of piperidine rings is 1. The van der Waals surface area contributed by atoms with E-state index in [1.807, 2.05) is 18.3 Å². The Balaban J connectivity index is 1.26. The van der Waals surface area contributed by atoms with E-state index in [4.69, 9.17) is 9.47 Å². The Hall–Kier alpha value is -2.27. The smallest absolute Gasteiger partial charge is 0.231 e. The molecular weight excluding hydrogens is 326 g/mol. The molecule has 4 heterocycles. The van der Waals surface area contributed by atoms with Gasteiger partial charge in [0.2, 0.25) is 6.79 Å². The molecule has 2 saturated heterocycles. The maximum absolute atomic E-state index is 5.52. The number of pyridine rings is 1. The normalized spacial score (nSPS) is 25.2. The molecule has 1 aromatic carbocycles. The van der Waals surface area contributed by atoms with Crippen LogP contribution in [-0.2, 0) is 6.54 Å². The first-order chi connectivity index (χ1) is 12.8. The van der Waals surface area contributed by atoms with E-state index < -0.39 is 0 Å². The van der Waals surface area contributed by atoms with Crippen LogP contribution < -0.4 is 14.4 Å². The van der Waals surface area contributed by atoms with Crippen LogP contribution in [0.1, 0.15) is 24.8 Å². The summed E-state index contributed by atoms with van der Waals surface area (Å²) in [7, 11) is 0. The van der Waals surface area contributed by atoms with Gasteiger partial charge in [-0.1, -0.05) is 12.1 Å². The van der Waals surface area contributed by atoms with Crippen LogP contribution in [0.5, 0.6) is 11.5 Å². The van der Waals surface area contributed by atoms with Gasteiger partial charge in [0.25, 0.3) is 0 Å². The molecule has 1 atom stereocenters. The Morgan fingerprint density at radius 3 is 2.88 bits per heavy atom. The van der Waals surface area contributed by atoms with E-state index in [-0.39, 0.29) is 0 Å². The summed E-state index contributed by atoms with van der Waals surface area (Å²) in [6.07, 6.45) is 5.76. The molecule has 0 saturated carbocycles. The van der Waals surface area contributed by atoms with Crippen molar-refractivity contribution in [2.75, 3.05) is 37.9 Å². The molecule has 0 aliphatic carbocycles. The van der Waals surface area contributed by atoms with E-state index in [0.29, 0.717) is 12.2 Å². The molecular formula is C21H25N3O2. The third-order valence-corrected chi connectivity index (χ3v) is 6.00. The van der Waals surface area contributed by atoms with Crippen LogP contribution in [0.2, 0.25) is 0 Å². The van der Waals surface area contributed by atoms with Gasteiger partial charge in [0.15, 0.2) is 11.5 Å². The van der Waals surface area contributed by atoms with Gasteiger partial charge >= 0.3 is 0 Å². The van der Waals surface area contributed by atoms with Crippen LogP contribution in [0.3, 0.4) is 0 Å². The topological polar surface area (TPSA) is 37.8 Å². The standard InChI is InChI=1S/C21H25N3O2/c1-2-9-22-20(4-1)24-10-3-7-21(15-24)8-11-23(14-21)13-17-5-6-18-19(12-17)26-16-25-18/h1-2,4-6,9,12H,3,7-8,10-11,13-16H2/t21-/m1/s1. The average molecular weight is 351 g/mol. The molecule has 2 aromatic rings. The fourth-order valence-electron chi connectivity index (χ4n) is 4.74. The highest BCUT2D eigenvalue weighted by Crippen LogP contribution is 2.41. The molecule has 26 heavy (non-hydrogen) atoms. The minimum Gasteiger partial charge on any atom is -0.454 e. The largest absolute Gasteiger partial charge is 0.454 e. The highest BCUT2D eigenvalue weighted by atomic mass is 16.7. The molecule has 0 bridgehead atoms. The maximum atomic E-state index is 5.52. The minimum absolute atomic E-state index is 0.342. The van der Waals surface area contributed by atoms with Gasteiger partial charge in [-0.05, 0) is 55.6 Å². The molecule has 0 unspecified atom stereocenters. The molecule has 2 fully saturated rings. The van der Waals surface area contributed by atoms with Crippen molar-refractivity contribution in [1.29, 1.82) is 0 Å². The summed E-state index contributed by atoms with van der Waals surface area (Å²) < 4.78 is 10.9. The minimum atomic E-state index is 0.342. The molecule has 136 valence electrons. The van der Waals surface area contributed by atoms with Crippen molar-refractivity contribution >= 4 is 5.82 Å². The van der Waals surface area contributed by atoms with Crippen LogP contribution in [0.15, 0.2) is 42.6 Å². The van der Waals surface area contributed by atoms with Gasteiger partial charge in [-0.15, -0.1) is 0 Å². The summed E-state index contributed by atoms with van der Waals surface area (Å²) in [5.41, 5.74) is 1.72. The zero-order chi connectivity index (χ0) is 17.4. The molecule has 0 amide bonds. The highest BCUT2D eigenvalue weighted by Gasteiger charge is 2.41. The first kappa shape index (κ1) is 15.9. The van der Waals surface area contributed by atoms with Crippen molar-refractivity contribution < 1.29 is 9.47 Å². The quantitative estimate of drug-likeness (QED) is 0.848. The Kier molecular flexibility index (Phi) is 3.97. The molecule has 5 heteroatoms. The Morgan fingerprint density at radius 1 is 1.00 bits per heavy atom. The number of rotatable bonds is 3. The van der Waals surface area contributed by atoms with Gasteiger partial charge in [0.05, 0.1) is 0 Å². The van der Waals surface area contributed by atoms with E-state index in [1.54, 1.807) is 0 Å². The molecule has 1 aromatic heterocycles. The van der Waals surface area contributed by atoms with Crippen molar-refractivity contribution in [3.63, 3.8) is 0 Å². The van der Waals surface area contributed by atoms with E-state index in [1.165, 1.54) is 37.9 Å². The predicted molar refractivity (Wildman–Crippen MR) is 101 cm³/mol. The fourth-order valence-corrected chi connectivity index (χ4v) is 4.74. The summed E-state index contributed by atoms with van der Waals surface area (Å²) in [6, 6.07) is 12.6. The van der Waals surface area contributed by atoms with E-state index >= 15 is 0 Å². The average Bonchev–Trinajstić information content (AvgIpc) is 3.29. The monoisotopic (exact) mass is 351 g/mol. The molecule has 0 radical (unpaired) electrons. The summed E-state index contributed by atoms with van der Waals surface area (Å²) >= 11 is 0. The zero-order valence-corrected chi connectivity index (χ0v) is 15.1. The number of ether oxygens (including phenoxy) is 2. The Labute approximate surface area is 154 Å². The molecule has 3 aliphatic rings. The number of fused-ring (bicyclic) bond motifs is 1. The van der Waals surface area contributed by atoms with Crippen molar-refractivity contribution in [3.05, 3.63) is 48.2 Å². The summed E-state index contributed by atoms with van der Waals surface area (Å²) in [5, 5.41) is 0. The third-order valence-electron chi connectivity index (χ3n) is 6.00. The highest BCUT2D eigenvalue weighted by molar-refractivity contribution is 5.44. The van der Waals surface area contributed by atoms with Gasteiger partial charge in [-0.2, -0.15) is 0 Å². The number of nitrogens with zero attached hydrogens (tertiary/aromatic N) is 3. The number of anilines is 1. The lowest BCUT2D eigenvalue weighted by Crippen LogP contribution is -2.45. The van der Waals surface area contributed by atoms with Gasteiger partial charge in [-0.25, -0.2) is 4.98 Å². The predicted octanol–water partition coefficient (Wildman–Crippen LogP) is 3.30. The van der Waals surface area contributed by atoms with Crippen LogP contribution in [0.4, 0.5) is 5.82 Å². The second-order valence-electron chi connectivity index (χ2n) is 7.86. The van der Waals surface area contributed by atoms with Gasteiger partial charge < -0.3 is 14.4 Å². The van der Waals surface area contributed by atoms with Crippen LogP contribution in [0, 0.1) is 5.41 Å². The van der Waals surface area contributed by atoms with E-state index in [0.717, 1.165) is 37.0 Å². The molecule has 5 rings (SSSR count). The first-order valence-corrected chi connectivity index (χ1v) is 9.57. The summed E-state index contributed by atoms with van der Waals surface area (Å²) in [6.45, 7) is 5.93. The number of benzene rings is 1. The Bertz CT molecular complexity index is 782. The van der Waals surface area contributed by atoms with Crippen molar-refractivity contribution in [1.82, 2.24) is 9.88 Å².